The Morgan fingerprint density at radius 1 is 1.50 bits per heavy atom. The van der Waals surface area contributed by atoms with Crippen LogP contribution in [0.1, 0.15) is 40.0 Å². The Hall–Kier alpha value is -1.06. The second kappa shape index (κ2) is 2.44. The van der Waals surface area contributed by atoms with Crippen molar-refractivity contribution in [2.45, 2.75) is 45.8 Å². The Morgan fingerprint density at radius 3 is 2.62 bits per heavy atom. The molecule has 2 saturated carbocycles. The number of hydrogen-bond acceptors (Lipinski definition) is 3. The molecule has 4 heteroatoms. The molecule has 0 N–H and O–H groups in total. The molecule has 0 saturated heterocycles. The van der Waals surface area contributed by atoms with Crippen LogP contribution in [0.2, 0.25) is 0 Å². The number of ether oxygens (including phenoxy) is 1. The van der Waals surface area contributed by atoms with Gasteiger partial charge < -0.3 is 9.94 Å². The van der Waals surface area contributed by atoms with Crippen LogP contribution in [0.5, 0.6) is 0 Å². The minimum atomic E-state index is -0.958. The van der Waals surface area contributed by atoms with Gasteiger partial charge in [0.05, 0.1) is 10.8 Å². The first kappa shape index (κ1) is 10.1. The molecule has 3 rings (SSSR count). The number of rotatable bonds is 0. The monoisotopic (exact) mass is 223 g/mol. The van der Waals surface area contributed by atoms with Gasteiger partial charge in [0.2, 0.25) is 0 Å². The van der Waals surface area contributed by atoms with Crippen molar-refractivity contribution in [3.05, 3.63) is 5.21 Å². The van der Waals surface area contributed by atoms with E-state index in [2.05, 4.69) is 20.8 Å². The van der Waals surface area contributed by atoms with Crippen LogP contribution in [0.15, 0.2) is 0 Å². The highest BCUT2D eigenvalue weighted by Crippen LogP contribution is 2.70. The first-order valence-corrected chi connectivity index (χ1v) is 5.88. The lowest BCUT2D eigenvalue weighted by Crippen LogP contribution is -2.59. The van der Waals surface area contributed by atoms with Crippen molar-refractivity contribution in [3.63, 3.8) is 0 Å². The van der Waals surface area contributed by atoms with E-state index in [0.717, 1.165) is 30.2 Å². The molecule has 0 aromatic rings. The van der Waals surface area contributed by atoms with Gasteiger partial charge in [-0.1, -0.05) is 0 Å². The van der Waals surface area contributed by atoms with Gasteiger partial charge in [-0.2, -0.15) is 4.74 Å². The van der Waals surface area contributed by atoms with Crippen LogP contribution in [0.25, 0.3) is 0 Å². The van der Waals surface area contributed by atoms with E-state index < -0.39 is 11.7 Å². The Balaban J connectivity index is 2.20. The van der Waals surface area contributed by atoms with Gasteiger partial charge in [-0.25, -0.2) is 4.79 Å². The molecule has 0 aromatic heterocycles. The van der Waals surface area contributed by atoms with Crippen molar-refractivity contribution in [1.82, 2.24) is 0 Å². The van der Waals surface area contributed by atoms with Gasteiger partial charge in [-0.15, -0.1) is 0 Å². The first-order valence-electron chi connectivity index (χ1n) is 5.88. The number of carbonyl (C=O) groups excluding carboxylic acids is 1. The van der Waals surface area contributed by atoms with Gasteiger partial charge in [0.1, 0.15) is 0 Å². The van der Waals surface area contributed by atoms with Crippen molar-refractivity contribution in [2.24, 2.45) is 16.7 Å². The van der Waals surface area contributed by atoms with Gasteiger partial charge in [0, 0.05) is 0 Å². The van der Waals surface area contributed by atoms with Crippen molar-refractivity contribution < 1.29 is 14.3 Å². The van der Waals surface area contributed by atoms with E-state index in [9.17, 15) is 10.0 Å². The Kier molecular flexibility index (Phi) is 1.54. The summed E-state index contributed by atoms with van der Waals surface area (Å²) in [6.45, 7) is 6.19. The molecule has 0 unspecified atom stereocenters. The number of hydrogen-bond donors (Lipinski definition) is 0. The van der Waals surface area contributed by atoms with Gasteiger partial charge in [-0.3, -0.25) is 0 Å². The maximum absolute atomic E-state index is 12.1. The van der Waals surface area contributed by atoms with E-state index in [0.29, 0.717) is 5.92 Å². The molecule has 2 fully saturated rings. The van der Waals surface area contributed by atoms with E-state index >= 15 is 0 Å². The molecule has 1 heterocycles. The normalized spacial score (nSPS) is 48.6. The zero-order chi connectivity index (χ0) is 11.8. The van der Waals surface area contributed by atoms with Crippen LogP contribution in [-0.2, 0) is 9.53 Å². The van der Waals surface area contributed by atoms with E-state index in [1.165, 1.54) is 0 Å². The smallest absolute Gasteiger partial charge is 0.401 e. The van der Waals surface area contributed by atoms with Crippen LogP contribution in [0, 0.1) is 22.0 Å². The molecule has 16 heavy (non-hydrogen) atoms. The van der Waals surface area contributed by atoms with Crippen molar-refractivity contribution in [3.8, 4) is 0 Å². The molecule has 0 aromatic carbocycles. The summed E-state index contributed by atoms with van der Waals surface area (Å²) in [5, 5.41) is 12.1. The molecular weight excluding hydrogens is 206 g/mol. The fraction of sp³-hybridized carbons (Fsp3) is 0.833. The maximum atomic E-state index is 12.1. The molecule has 2 bridgehead atoms. The van der Waals surface area contributed by atoms with Crippen molar-refractivity contribution >= 4 is 12.2 Å². The van der Waals surface area contributed by atoms with Crippen LogP contribution >= 0.6 is 0 Å². The molecule has 1 spiro atoms. The highest BCUT2D eigenvalue weighted by molar-refractivity contribution is 6.22. The maximum Gasteiger partial charge on any atom is 0.401 e. The molecule has 1 aliphatic heterocycles. The Morgan fingerprint density at radius 2 is 2.19 bits per heavy atom. The van der Waals surface area contributed by atoms with E-state index in [4.69, 9.17) is 4.74 Å². The number of fused-ring (bicyclic) bond motifs is 3. The van der Waals surface area contributed by atoms with Crippen LogP contribution in [0.4, 0.5) is 0 Å². The number of hydroxylamine groups is 1. The largest absolute Gasteiger partial charge is 0.621 e. The zero-order valence-electron chi connectivity index (χ0n) is 9.95. The molecule has 4 nitrogen and oxygen atoms in total. The van der Waals surface area contributed by atoms with Crippen LogP contribution < -0.4 is 0 Å². The third-order valence-electron chi connectivity index (χ3n) is 5.23. The lowest BCUT2D eigenvalue weighted by Gasteiger charge is -2.46. The number of carbonyl (C=O) groups is 1. The zero-order valence-corrected chi connectivity index (χ0v) is 9.95. The molecule has 0 amide bonds. The van der Waals surface area contributed by atoms with E-state index in [-0.39, 0.29) is 10.8 Å². The molecule has 0 radical (unpaired) electrons. The number of nitrogens with zero attached hydrogens (tertiary/aromatic N) is 1. The molecule has 2 aliphatic carbocycles. The fourth-order valence-corrected chi connectivity index (χ4v) is 4.43. The Labute approximate surface area is 94.9 Å². The van der Waals surface area contributed by atoms with E-state index in [1.807, 2.05) is 0 Å². The van der Waals surface area contributed by atoms with Gasteiger partial charge in [0.15, 0.2) is 0 Å². The summed E-state index contributed by atoms with van der Waals surface area (Å²) in [6.07, 6.45) is 4.16. The second-order valence-electron chi connectivity index (χ2n) is 6.24. The van der Waals surface area contributed by atoms with Crippen LogP contribution in [-0.4, -0.2) is 22.6 Å². The standard InChI is InChI=1S/C12H17NO3/c1-10(2)8-4-5-11(3,6-8)12(10)13(15)7-9(14)16-12/h7-8H,4-6H2,1-3H3/t8-,11-,12+/m0/s1. The average molecular weight is 223 g/mol. The lowest BCUT2D eigenvalue weighted by molar-refractivity contribution is -0.631. The average Bonchev–Trinajstić information content (AvgIpc) is 2.72. The van der Waals surface area contributed by atoms with Crippen molar-refractivity contribution in [1.29, 1.82) is 0 Å². The third kappa shape index (κ3) is 0.770. The highest BCUT2D eigenvalue weighted by Gasteiger charge is 2.79. The minimum absolute atomic E-state index is 0.189. The summed E-state index contributed by atoms with van der Waals surface area (Å²) in [4.78, 5) is 11.4. The molecular formula is C12H17NO3. The van der Waals surface area contributed by atoms with Crippen molar-refractivity contribution in [2.75, 3.05) is 0 Å². The highest BCUT2D eigenvalue weighted by atomic mass is 16.6. The third-order valence-corrected chi connectivity index (χ3v) is 5.23. The van der Waals surface area contributed by atoms with E-state index in [1.54, 1.807) is 0 Å². The summed E-state index contributed by atoms with van der Waals surface area (Å²) >= 11 is 0. The first-order chi connectivity index (χ1) is 7.33. The van der Waals surface area contributed by atoms with Gasteiger partial charge in [-0.05, 0) is 46.0 Å². The quantitative estimate of drug-likeness (QED) is 0.356. The predicted molar refractivity (Wildman–Crippen MR) is 57.7 cm³/mol. The fourth-order valence-electron chi connectivity index (χ4n) is 4.43. The number of esters is 1. The van der Waals surface area contributed by atoms with Crippen LogP contribution in [0.3, 0.4) is 0 Å². The minimum Gasteiger partial charge on any atom is -0.621 e. The lowest BCUT2D eigenvalue weighted by atomic mass is 9.65. The summed E-state index contributed by atoms with van der Waals surface area (Å²) in [7, 11) is 0. The second-order valence-corrected chi connectivity index (χ2v) is 6.24. The molecule has 3 aliphatic rings. The molecule has 88 valence electrons. The predicted octanol–water partition coefficient (Wildman–Crippen LogP) is 1.67. The topological polar surface area (TPSA) is 52.4 Å². The summed E-state index contributed by atoms with van der Waals surface area (Å²) in [5.74, 6) is -0.00917. The summed E-state index contributed by atoms with van der Waals surface area (Å²) in [5.41, 5.74) is -1.41. The summed E-state index contributed by atoms with van der Waals surface area (Å²) < 4.78 is 6.28. The SMILES string of the molecule is CC1(C)[C@H]2CC[C@@](C)(C2)[C@]12OC(=O)C=[N+]2[O-]. The molecule has 3 atom stereocenters. The summed E-state index contributed by atoms with van der Waals surface area (Å²) in [6, 6.07) is 0. The van der Waals surface area contributed by atoms with Gasteiger partial charge >= 0.3 is 11.7 Å². The Bertz CT molecular complexity index is 408. The van der Waals surface area contributed by atoms with Gasteiger partial charge in [0.25, 0.3) is 6.21 Å².